The summed E-state index contributed by atoms with van der Waals surface area (Å²) in [5.41, 5.74) is 1.91. The number of hydrogen-bond acceptors (Lipinski definition) is 5. The number of aryl methyl sites for hydroxylation is 2. The molecule has 32 heavy (non-hydrogen) atoms. The molecule has 2 N–H and O–H groups in total. The van der Waals surface area contributed by atoms with E-state index in [4.69, 9.17) is 0 Å². The van der Waals surface area contributed by atoms with Gasteiger partial charge < -0.3 is 5.11 Å². The Balaban J connectivity index is 1.93. The predicted molar refractivity (Wildman–Crippen MR) is 124 cm³/mol. The molecule has 176 valence electrons. The van der Waals surface area contributed by atoms with Gasteiger partial charge in [-0.25, -0.2) is 21.6 Å². The van der Waals surface area contributed by atoms with Gasteiger partial charge in [-0.2, -0.15) is 4.31 Å². The van der Waals surface area contributed by atoms with Crippen molar-refractivity contribution in [1.82, 2.24) is 9.03 Å². The monoisotopic (exact) mass is 480 g/mol. The average Bonchev–Trinajstić information content (AvgIpc) is 2.75. The van der Waals surface area contributed by atoms with Gasteiger partial charge in [-0.3, -0.25) is 0 Å². The number of hydrogen-bond donors (Lipinski definition) is 2. The number of benzene rings is 2. The van der Waals surface area contributed by atoms with E-state index >= 15 is 0 Å². The topological polar surface area (TPSA) is 104 Å². The predicted octanol–water partition coefficient (Wildman–Crippen LogP) is 2.97. The summed E-state index contributed by atoms with van der Waals surface area (Å²) in [7, 11) is -7.66. The maximum absolute atomic E-state index is 13.5. The van der Waals surface area contributed by atoms with Crippen LogP contribution in [0.4, 0.5) is 0 Å². The number of aliphatic hydroxyl groups excluding tert-OH is 1. The molecule has 1 aliphatic carbocycles. The molecular formula is C23H32N2O5S2. The van der Waals surface area contributed by atoms with Crippen molar-refractivity contribution >= 4 is 20.0 Å². The minimum absolute atomic E-state index is 0.125. The summed E-state index contributed by atoms with van der Waals surface area (Å²) < 4.78 is 57.3. The fourth-order valence-electron chi connectivity index (χ4n) is 4.11. The third kappa shape index (κ3) is 5.77. The third-order valence-electron chi connectivity index (χ3n) is 5.90. The lowest BCUT2D eigenvalue weighted by atomic mass is 9.91. The van der Waals surface area contributed by atoms with Gasteiger partial charge in [0.2, 0.25) is 20.0 Å². The van der Waals surface area contributed by atoms with Gasteiger partial charge in [0.25, 0.3) is 0 Å². The van der Waals surface area contributed by atoms with Crippen molar-refractivity contribution in [1.29, 1.82) is 0 Å². The third-order valence-corrected chi connectivity index (χ3v) is 9.35. The number of sulfonamides is 2. The summed E-state index contributed by atoms with van der Waals surface area (Å²) in [5, 5.41) is 9.38. The van der Waals surface area contributed by atoms with E-state index in [-0.39, 0.29) is 29.4 Å². The van der Waals surface area contributed by atoms with Crippen LogP contribution in [-0.2, 0) is 20.0 Å². The van der Waals surface area contributed by atoms with E-state index in [9.17, 15) is 21.9 Å². The average molecular weight is 481 g/mol. The molecule has 0 amide bonds. The highest BCUT2D eigenvalue weighted by atomic mass is 32.2. The van der Waals surface area contributed by atoms with Crippen LogP contribution in [0.1, 0.15) is 43.2 Å². The van der Waals surface area contributed by atoms with E-state index in [0.29, 0.717) is 12.8 Å². The van der Waals surface area contributed by atoms with Crippen molar-refractivity contribution < 1.29 is 21.9 Å². The van der Waals surface area contributed by atoms with Crippen molar-refractivity contribution in [3.05, 3.63) is 59.7 Å². The van der Waals surface area contributed by atoms with E-state index in [2.05, 4.69) is 4.72 Å². The van der Waals surface area contributed by atoms with Crippen molar-refractivity contribution in [2.24, 2.45) is 0 Å². The van der Waals surface area contributed by atoms with Gasteiger partial charge in [-0.05, 0) is 57.4 Å². The van der Waals surface area contributed by atoms with Crippen LogP contribution < -0.4 is 4.72 Å². The molecule has 0 bridgehead atoms. The maximum atomic E-state index is 13.5. The van der Waals surface area contributed by atoms with Crippen molar-refractivity contribution in [3.63, 3.8) is 0 Å². The van der Waals surface area contributed by atoms with Gasteiger partial charge in [-0.15, -0.1) is 0 Å². The van der Waals surface area contributed by atoms with Crippen molar-refractivity contribution in [2.45, 2.75) is 67.8 Å². The lowest BCUT2D eigenvalue weighted by Crippen LogP contribution is -2.55. The standard InChI is InChI=1S/C23H32N2O5S2/c1-18-8-12-20(13-9-18)31(27,28)24-22-6-3-4-7-23(22)25(16-5-17-26)32(29,30)21-14-10-19(2)11-15-21/h8-15,22-24,26H,3-7,16-17H2,1-2H3/t22-,23-/m1/s1. The first-order chi connectivity index (χ1) is 15.1. The van der Waals surface area contributed by atoms with Gasteiger partial charge in [-0.1, -0.05) is 48.2 Å². The Morgan fingerprint density at radius 3 is 1.97 bits per heavy atom. The Bertz CT molecular complexity index is 1100. The number of nitrogens with zero attached hydrogens (tertiary/aromatic N) is 1. The van der Waals surface area contributed by atoms with E-state index < -0.39 is 32.1 Å². The summed E-state index contributed by atoms with van der Waals surface area (Å²) in [6.45, 7) is 3.75. The smallest absolute Gasteiger partial charge is 0.243 e. The lowest BCUT2D eigenvalue weighted by Gasteiger charge is -2.39. The molecule has 1 aliphatic rings. The number of nitrogens with one attached hydrogen (secondary N) is 1. The minimum atomic E-state index is -3.86. The molecule has 2 aromatic rings. The van der Waals surface area contributed by atoms with Gasteiger partial charge in [0.05, 0.1) is 9.79 Å². The fourth-order valence-corrected chi connectivity index (χ4v) is 7.15. The lowest BCUT2D eigenvalue weighted by molar-refractivity contribution is 0.196. The van der Waals surface area contributed by atoms with E-state index in [1.165, 1.54) is 4.31 Å². The zero-order valence-electron chi connectivity index (χ0n) is 18.6. The Labute approximate surface area is 191 Å². The molecule has 2 atom stereocenters. The van der Waals surface area contributed by atoms with Crippen LogP contribution in [0.15, 0.2) is 58.3 Å². The molecule has 0 heterocycles. The molecule has 0 saturated heterocycles. The number of rotatable bonds is 9. The van der Waals surface area contributed by atoms with Crippen molar-refractivity contribution in [3.8, 4) is 0 Å². The molecule has 1 saturated carbocycles. The normalized spacial score (nSPS) is 19.9. The first-order valence-electron chi connectivity index (χ1n) is 10.9. The fraction of sp³-hybridized carbons (Fsp3) is 0.478. The first-order valence-corrected chi connectivity index (χ1v) is 13.9. The van der Waals surface area contributed by atoms with Gasteiger partial charge in [0, 0.05) is 25.2 Å². The Hall–Kier alpha value is -1.78. The zero-order valence-corrected chi connectivity index (χ0v) is 20.2. The number of aliphatic hydroxyl groups is 1. The second-order valence-corrected chi connectivity index (χ2v) is 12.0. The Morgan fingerprint density at radius 1 is 0.875 bits per heavy atom. The minimum Gasteiger partial charge on any atom is -0.396 e. The van der Waals surface area contributed by atoms with Crippen LogP contribution in [0.5, 0.6) is 0 Å². The highest BCUT2D eigenvalue weighted by molar-refractivity contribution is 7.89. The van der Waals surface area contributed by atoms with Gasteiger partial charge in [0.15, 0.2) is 0 Å². The summed E-state index contributed by atoms with van der Waals surface area (Å²) in [6.07, 6.45) is 3.01. The SMILES string of the molecule is Cc1ccc(S(=O)(=O)N[C@@H]2CCCC[C@H]2N(CCCO)S(=O)(=O)c2ccc(C)cc2)cc1. The highest BCUT2D eigenvalue weighted by Crippen LogP contribution is 2.30. The van der Waals surface area contributed by atoms with Crippen LogP contribution in [-0.4, -0.2) is 51.5 Å². The maximum Gasteiger partial charge on any atom is 0.243 e. The molecular weight excluding hydrogens is 448 g/mol. The molecule has 0 unspecified atom stereocenters. The van der Waals surface area contributed by atoms with E-state index in [1.807, 2.05) is 13.8 Å². The largest absolute Gasteiger partial charge is 0.396 e. The van der Waals surface area contributed by atoms with Gasteiger partial charge in [0.1, 0.15) is 0 Å². The summed E-state index contributed by atoms with van der Waals surface area (Å²) in [6, 6.07) is 12.2. The van der Waals surface area contributed by atoms with Crippen LogP contribution in [0, 0.1) is 13.8 Å². The van der Waals surface area contributed by atoms with Crippen LogP contribution in [0.25, 0.3) is 0 Å². The molecule has 7 nitrogen and oxygen atoms in total. The summed E-state index contributed by atoms with van der Waals surface area (Å²) in [4.78, 5) is 0.336. The molecule has 0 aliphatic heterocycles. The molecule has 0 radical (unpaired) electrons. The summed E-state index contributed by atoms with van der Waals surface area (Å²) >= 11 is 0. The second-order valence-electron chi connectivity index (χ2n) is 8.40. The van der Waals surface area contributed by atoms with Crippen molar-refractivity contribution in [2.75, 3.05) is 13.2 Å². The van der Waals surface area contributed by atoms with E-state index in [0.717, 1.165) is 24.0 Å². The highest BCUT2D eigenvalue weighted by Gasteiger charge is 2.39. The second kappa shape index (κ2) is 10.4. The molecule has 9 heteroatoms. The molecule has 1 fully saturated rings. The molecule has 2 aromatic carbocycles. The van der Waals surface area contributed by atoms with Crippen LogP contribution in [0.2, 0.25) is 0 Å². The Morgan fingerprint density at radius 2 is 1.41 bits per heavy atom. The van der Waals surface area contributed by atoms with Crippen LogP contribution >= 0.6 is 0 Å². The molecule has 0 aromatic heterocycles. The molecule has 0 spiro atoms. The summed E-state index contributed by atoms with van der Waals surface area (Å²) in [5.74, 6) is 0. The van der Waals surface area contributed by atoms with Crippen LogP contribution in [0.3, 0.4) is 0 Å². The van der Waals surface area contributed by atoms with Gasteiger partial charge >= 0.3 is 0 Å². The zero-order chi connectivity index (χ0) is 23.4. The first kappa shape index (κ1) is 24.9. The quantitative estimate of drug-likeness (QED) is 0.574. The molecule has 3 rings (SSSR count). The van der Waals surface area contributed by atoms with E-state index in [1.54, 1.807) is 48.5 Å². The Kier molecular flexibility index (Phi) is 8.11.